The molecular formula is C12H30FN3Si. The molecule has 0 aromatic carbocycles. The molecule has 0 N–H and O–H groups in total. The third kappa shape index (κ3) is 3.50. The van der Waals surface area contributed by atoms with Gasteiger partial charge in [0.15, 0.2) is 0 Å². The number of hydrogen-bond donors (Lipinski definition) is 0. The third-order valence-electron chi connectivity index (χ3n) is 3.50. The predicted octanol–water partition coefficient (Wildman–Crippen LogP) is 2.42. The lowest BCUT2D eigenvalue weighted by Gasteiger charge is -2.46. The summed E-state index contributed by atoms with van der Waals surface area (Å²) in [4.78, 5) is 0. The van der Waals surface area contributed by atoms with Gasteiger partial charge in [0.2, 0.25) is 0 Å². The zero-order chi connectivity index (χ0) is 13.5. The van der Waals surface area contributed by atoms with Crippen LogP contribution in [0.4, 0.5) is 4.11 Å². The van der Waals surface area contributed by atoms with E-state index >= 15 is 4.11 Å². The van der Waals surface area contributed by atoms with Crippen molar-refractivity contribution < 1.29 is 4.11 Å². The molecule has 0 saturated heterocycles. The van der Waals surface area contributed by atoms with Gasteiger partial charge >= 0.3 is 8.89 Å². The number of hydrogen-bond acceptors (Lipinski definition) is 3. The first-order valence-corrected chi connectivity index (χ1v) is 8.72. The molecule has 5 heteroatoms. The number of nitrogens with zero attached hydrogens (tertiary/aromatic N) is 3. The van der Waals surface area contributed by atoms with Crippen LogP contribution in [0, 0.1) is 0 Å². The Bertz CT molecular complexity index is 161. The van der Waals surface area contributed by atoms with Crippen molar-refractivity contribution in [1.82, 2.24) is 13.7 Å². The van der Waals surface area contributed by atoms with Crippen LogP contribution in [-0.2, 0) is 0 Å². The van der Waals surface area contributed by atoms with Crippen molar-refractivity contribution in [3.05, 3.63) is 0 Å². The average molecular weight is 263 g/mol. The highest BCUT2D eigenvalue weighted by atomic mass is 28.4. The van der Waals surface area contributed by atoms with Gasteiger partial charge in [-0.1, -0.05) is 41.5 Å². The fourth-order valence-electron chi connectivity index (χ4n) is 2.48. The van der Waals surface area contributed by atoms with Crippen LogP contribution in [0.15, 0.2) is 0 Å². The maximum Gasteiger partial charge on any atom is 0.488 e. The van der Waals surface area contributed by atoms with Crippen LogP contribution in [0.5, 0.6) is 0 Å². The second kappa shape index (κ2) is 8.19. The fraction of sp³-hybridized carbons (Fsp3) is 1.00. The molecule has 17 heavy (non-hydrogen) atoms. The topological polar surface area (TPSA) is 9.72 Å². The summed E-state index contributed by atoms with van der Waals surface area (Å²) in [5.41, 5.74) is 0. The van der Waals surface area contributed by atoms with Crippen LogP contribution >= 0.6 is 0 Å². The minimum absolute atomic E-state index is 0.784. The number of rotatable bonds is 9. The van der Waals surface area contributed by atoms with Gasteiger partial charge in [0.05, 0.1) is 0 Å². The van der Waals surface area contributed by atoms with Gasteiger partial charge in [0.1, 0.15) is 0 Å². The van der Waals surface area contributed by atoms with Gasteiger partial charge in [-0.3, -0.25) is 17.8 Å². The Balaban J connectivity index is 5.29. The summed E-state index contributed by atoms with van der Waals surface area (Å²) in [5, 5.41) is 0. The highest BCUT2D eigenvalue weighted by molar-refractivity contribution is 6.64. The van der Waals surface area contributed by atoms with E-state index in [0.29, 0.717) is 0 Å². The van der Waals surface area contributed by atoms with E-state index in [1.807, 2.05) is 13.7 Å². The van der Waals surface area contributed by atoms with Gasteiger partial charge in [-0.15, -0.1) is 0 Å². The Morgan fingerprint density at radius 3 is 0.882 bits per heavy atom. The molecule has 0 saturated carbocycles. The molecule has 0 unspecified atom stereocenters. The van der Waals surface area contributed by atoms with Crippen LogP contribution in [-0.4, -0.2) is 61.9 Å². The van der Waals surface area contributed by atoms with E-state index in [0.717, 1.165) is 39.3 Å². The van der Waals surface area contributed by atoms with Crippen molar-refractivity contribution in [2.24, 2.45) is 0 Å². The van der Waals surface area contributed by atoms with E-state index in [4.69, 9.17) is 0 Å². The lowest BCUT2D eigenvalue weighted by atomic mass is 10.6. The Kier molecular flexibility index (Phi) is 8.20. The standard InChI is InChI=1S/C12H30FN3Si/c1-7-14(8-2)17(13,15(9-3)10-4)16(11-5)12-6/h7-12H2,1-6H3. The maximum absolute atomic E-state index is 15.7. The summed E-state index contributed by atoms with van der Waals surface area (Å²) in [6, 6.07) is 0. The van der Waals surface area contributed by atoms with Crippen molar-refractivity contribution >= 4 is 8.89 Å². The quantitative estimate of drug-likeness (QED) is 0.467. The molecule has 0 atom stereocenters. The largest absolute Gasteiger partial charge is 0.488 e. The molecule has 0 aromatic rings. The Hall–Kier alpha value is 0.0269. The molecule has 0 spiro atoms. The minimum atomic E-state index is -3.14. The molecule has 0 aliphatic carbocycles. The zero-order valence-electron chi connectivity index (χ0n) is 12.5. The summed E-state index contributed by atoms with van der Waals surface area (Å²) >= 11 is 0. The molecule has 0 bridgehead atoms. The molecule has 104 valence electrons. The summed E-state index contributed by atoms with van der Waals surface area (Å²) in [5.74, 6) is 0. The normalized spacial score (nSPS) is 13.1. The third-order valence-corrected chi connectivity index (χ3v) is 7.81. The zero-order valence-corrected chi connectivity index (χ0v) is 13.5. The molecule has 0 fully saturated rings. The first kappa shape index (κ1) is 17.0. The van der Waals surface area contributed by atoms with Crippen molar-refractivity contribution in [1.29, 1.82) is 0 Å². The van der Waals surface area contributed by atoms with Crippen LogP contribution in [0.25, 0.3) is 0 Å². The Labute approximate surface area is 108 Å². The highest BCUT2D eigenvalue weighted by Gasteiger charge is 2.50. The van der Waals surface area contributed by atoms with Gasteiger partial charge in [-0.05, 0) is 39.3 Å². The predicted molar refractivity (Wildman–Crippen MR) is 75.6 cm³/mol. The van der Waals surface area contributed by atoms with Crippen LogP contribution in [0.1, 0.15) is 41.5 Å². The van der Waals surface area contributed by atoms with Gasteiger partial charge in [0.25, 0.3) is 0 Å². The Morgan fingerprint density at radius 1 is 0.588 bits per heavy atom. The molecule has 0 aromatic heterocycles. The highest BCUT2D eigenvalue weighted by Crippen LogP contribution is 2.21. The lowest BCUT2D eigenvalue weighted by molar-refractivity contribution is 0.213. The minimum Gasteiger partial charge on any atom is -0.274 e. The van der Waals surface area contributed by atoms with Crippen LogP contribution in [0.3, 0.4) is 0 Å². The first-order valence-electron chi connectivity index (χ1n) is 7.00. The van der Waals surface area contributed by atoms with Crippen molar-refractivity contribution in [2.45, 2.75) is 41.5 Å². The van der Waals surface area contributed by atoms with E-state index < -0.39 is 8.89 Å². The summed E-state index contributed by atoms with van der Waals surface area (Å²) in [6.07, 6.45) is 0. The van der Waals surface area contributed by atoms with Crippen LogP contribution in [0.2, 0.25) is 0 Å². The smallest absolute Gasteiger partial charge is 0.274 e. The molecule has 0 aliphatic rings. The fourth-order valence-corrected chi connectivity index (χ4v) is 6.09. The molecule has 3 nitrogen and oxygen atoms in total. The SMILES string of the molecule is CCN(CC)[Si](F)(N(CC)CC)N(CC)CC. The van der Waals surface area contributed by atoms with E-state index in [1.54, 1.807) is 0 Å². The maximum atomic E-state index is 15.7. The second-order valence-electron chi connectivity index (χ2n) is 4.07. The lowest BCUT2D eigenvalue weighted by Crippen LogP contribution is -2.72. The molecule has 0 aliphatic heterocycles. The van der Waals surface area contributed by atoms with Crippen molar-refractivity contribution in [3.63, 3.8) is 0 Å². The molecule has 0 amide bonds. The van der Waals surface area contributed by atoms with Crippen molar-refractivity contribution in [3.8, 4) is 0 Å². The van der Waals surface area contributed by atoms with E-state index in [9.17, 15) is 0 Å². The summed E-state index contributed by atoms with van der Waals surface area (Å²) < 4.78 is 21.8. The molecular weight excluding hydrogens is 233 g/mol. The Morgan fingerprint density at radius 2 is 0.765 bits per heavy atom. The van der Waals surface area contributed by atoms with Gasteiger partial charge in [-0.25, -0.2) is 0 Å². The van der Waals surface area contributed by atoms with E-state index in [1.165, 1.54) is 0 Å². The molecule has 0 rings (SSSR count). The second-order valence-corrected chi connectivity index (χ2v) is 7.07. The van der Waals surface area contributed by atoms with Gasteiger partial charge in [0, 0.05) is 0 Å². The van der Waals surface area contributed by atoms with Gasteiger partial charge in [-0.2, -0.15) is 0 Å². The molecule has 0 radical (unpaired) electrons. The van der Waals surface area contributed by atoms with Gasteiger partial charge < -0.3 is 0 Å². The summed E-state index contributed by atoms with van der Waals surface area (Å²) in [7, 11) is -3.14. The monoisotopic (exact) mass is 263 g/mol. The van der Waals surface area contributed by atoms with Crippen LogP contribution < -0.4 is 0 Å². The number of halogens is 1. The average Bonchev–Trinajstić information content (AvgIpc) is 2.33. The first-order chi connectivity index (χ1) is 8.06. The van der Waals surface area contributed by atoms with E-state index in [2.05, 4.69) is 41.5 Å². The van der Waals surface area contributed by atoms with E-state index in [-0.39, 0.29) is 0 Å². The van der Waals surface area contributed by atoms with Crippen molar-refractivity contribution in [2.75, 3.05) is 39.3 Å². The summed E-state index contributed by atoms with van der Waals surface area (Å²) in [6.45, 7) is 17.0. The molecule has 0 heterocycles.